The van der Waals surface area contributed by atoms with Gasteiger partial charge in [-0.3, -0.25) is 0 Å². The molecule has 0 saturated carbocycles. The van der Waals surface area contributed by atoms with Gasteiger partial charge in [0.2, 0.25) is 6.29 Å². The van der Waals surface area contributed by atoms with Crippen LogP contribution in [0.3, 0.4) is 0 Å². The Hall–Kier alpha value is 0.190. The lowest BCUT2D eigenvalue weighted by molar-refractivity contribution is -0.230. The van der Waals surface area contributed by atoms with Gasteiger partial charge in [-0.05, 0) is 0 Å². The molecule has 0 aliphatic rings. The molecule has 0 aromatic heterocycles. The molecule has 4 N–H and O–H groups in total. The Bertz CT molecular complexity index is 55.2. The van der Waals surface area contributed by atoms with Crippen LogP contribution in [0, 0.1) is 0 Å². The van der Waals surface area contributed by atoms with Crippen molar-refractivity contribution in [2.75, 3.05) is 0 Å². The monoisotopic (exact) mass is 126 g/mol. The van der Waals surface area contributed by atoms with E-state index in [0.29, 0.717) is 0 Å². The summed E-state index contributed by atoms with van der Waals surface area (Å²) in [6.07, 6.45) is -2.23. The van der Waals surface area contributed by atoms with Crippen LogP contribution in [0.15, 0.2) is 0 Å². The predicted octanol–water partition coefficient (Wildman–Crippen LogP) is -2.13. The fourth-order valence-electron chi connectivity index (χ4n) is 0. The minimum Gasteiger partial charge on any atom is -0.363 e. The van der Waals surface area contributed by atoms with Gasteiger partial charge in [-0.1, -0.05) is 0 Å². The quantitative estimate of drug-likeness (QED) is 0.205. The molecule has 0 amide bonds. The third-order valence-corrected chi connectivity index (χ3v) is 0.577. The van der Waals surface area contributed by atoms with Crippen molar-refractivity contribution in [2.24, 2.45) is 0 Å². The van der Waals surface area contributed by atoms with Crippen LogP contribution in [-0.4, -0.2) is 31.8 Å². The molecule has 0 aliphatic carbocycles. The minimum absolute atomic E-state index is 2.23. The highest BCUT2D eigenvalue weighted by atomic mass is 32.1. The van der Waals surface area contributed by atoms with Gasteiger partial charge in [0.05, 0.1) is 0 Å². The van der Waals surface area contributed by atoms with E-state index in [-0.39, 0.29) is 0 Å². The van der Waals surface area contributed by atoms with Crippen molar-refractivity contribution in [1.82, 2.24) is 0 Å². The number of aliphatic hydroxyl groups excluding tert-OH is 1. The van der Waals surface area contributed by atoms with Crippen molar-refractivity contribution in [1.29, 1.82) is 0 Å². The van der Waals surface area contributed by atoms with E-state index in [1.807, 2.05) is 0 Å². The first-order valence-corrected chi connectivity index (χ1v) is 1.92. The van der Waals surface area contributed by atoms with Gasteiger partial charge in [0, 0.05) is 0 Å². The zero-order chi connectivity index (χ0) is 6.08. The van der Waals surface area contributed by atoms with Crippen LogP contribution in [0.2, 0.25) is 0 Å². The molecule has 0 aromatic rings. The summed E-state index contributed by atoms with van der Waals surface area (Å²) in [6.45, 7) is 0. The van der Waals surface area contributed by atoms with E-state index < -0.39 is 11.4 Å². The second-order valence-corrected chi connectivity index (χ2v) is 1.72. The molecular formula is C2H6O4S. The Labute approximate surface area is 45.4 Å². The summed E-state index contributed by atoms with van der Waals surface area (Å²) in [5, 5.41) is 29.1. The fourth-order valence-corrected chi connectivity index (χ4v) is 0. The summed E-state index contributed by atoms with van der Waals surface area (Å²) >= 11 is 2.96. The van der Waals surface area contributed by atoms with Gasteiger partial charge in [-0.2, -0.15) is 0 Å². The molecule has 0 heterocycles. The van der Waals surface area contributed by atoms with E-state index in [1.54, 1.807) is 0 Å². The van der Waals surface area contributed by atoms with Gasteiger partial charge in [0.25, 0.3) is 5.12 Å². The molecule has 0 aliphatic heterocycles. The largest absolute Gasteiger partial charge is 0.363 e. The topological polar surface area (TPSA) is 80.9 Å². The zero-order valence-corrected chi connectivity index (χ0v) is 4.21. The minimum atomic E-state index is -2.69. The van der Waals surface area contributed by atoms with E-state index in [1.165, 1.54) is 0 Å². The highest BCUT2D eigenvalue weighted by molar-refractivity contribution is 7.81. The van der Waals surface area contributed by atoms with Crippen LogP contribution in [0.5, 0.6) is 0 Å². The number of rotatable bonds is 1. The van der Waals surface area contributed by atoms with Crippen LogP contribution in [0.1, 0.15) is 0 Å². The van der Waals surface area contributed by atoms with Crippen molar-refractivity contribution in [2.45, 2.75) is 11.4 Å². The molecule has 0 spiro atoms. The van der Waals surface area contributed by atoms with E-state index in [9.17, 15) is 0 Å². The van der Waals surface area contributed by atoms with Gasteiger partial charge in [0.1, 0.15) is 0 Å². The highest BCUT2D eigenvalue weighted by Gasteiger charge is 2.25. The SMILES string of the molecule is OC(O)C(O)(O)S. The molecule has 0 fully saturated rings. The number of hydrogen-bond donors (Lipinski definition) is 5. The van der Waals surface area contributed by atoms with E-state index >= 15 is 0 Å². The van der Waals surface area contributed by atoms with Crippen LogP contribution in [0.25, 0.3) is 0 Å². The van der Waals surface area contributed by atoms with E-state index in [2.05, 4.69) is 12.6 Å². The highest BCUT2D eigenvalue weighted by Crippen LogP contribution is 2.06. The maximum atomic E-state index is 8.01. The third kappa shape index (κ3) is 2.84. The molecule has 0 atom stereocenters. The summed E-state index contributed by atoms with van der Waals surface area (Å²) in [5.74, 6) is 0. The first kappa shape index (κ1) is 7.19. The van der Waals surface area contributed by atoms with Gasteiger partial charge < -0.3 is 20.4 Å². The van der Waals surface area contributed by atoms with E-state index in [4.69, 9.17) is 20.4 Å². The van der Waals surface area contributed by atoms with Crippen molar-refractivity contribution < 1.29 is 20.4 Å². The Morgan fingerprint density at radius 1 is 1.29 bits per heavy atom. The smallest absolute Gasteiger partial charge is 0.263 e. The Kier molecular flexibility index (Phi) is 2.03. The molecule has 0 rings (SSSR count). The second-order valence-electron chi connectivity index (χ2n) is 1.06. The van der Waals surface area contributed by atoms with Crippen molar-refractivity contribution in [3.63, 3.8) is 0 Å². The van der Waals surface area contributed by atoms with Crippen molar-refractivity contribution in [3.05, 3.63) is 0 Å². The average Bonchev–Trinajstić information content (AvgIpc) is 1.31. The van der Waals surface area contributed by atoms with Gasteiger partial charge in [-0.25, -0.2) is 0 Å². The molecule has 0 aromatic carbocycles. The predicted molar refractivity (Wildman–Crippen MR) is 24.4 cm³/mol. The molecule has 0 radical (unpaired) electrons. The summed E-state index contributed by atoms with van der Waals surface area (Å²) < 4.78 is 0. The first-order chi connectivity index (χ1) is 2.94. The van der Waals surface area contributed by atoms with Crippen molar-refractivity contribution >= 4 is 12.6 Å². The Balaban J connectivity index is 3.54. The summed E-state index contributed by atoms with van der Waals surface area (Å²) in [7, 11) is 0. The molecule has 44 valence electrons. The summed E-state index contributed by atoms with van der Waals surface area (Å²) in [5.41, 5.74) is 0. The van der Waals surface area contributed by atoms with Crippen LogP contribution < -0.4 is 0 Å². The zero-order valence-electron chi connectivity index (χ0n) is 3.31. The number of aliphatic hydroxyl groups is 4. The van der Waals surface area contributed by atoms with Gasteiger partial charge >= 0.3 is 0 Å². The second kappa shape index (κ2) is 1.97. The number of hydrogen-bond acceptors (Lipinski definition) is 5. The summed E-state index contributed by atoms with van der Waals surface area (Å²) in [6, 6.07) is 0. The normalized spacial score (nSPS) is 12.9. The molecule has 7 heavy (non-hydrogen) atoms. The van der Waals surface area contributed by atoms with Crippen LogP contribution in [0.4, 0.5) is 0 Å². The maximum absolute atomic E-state index is 8.01. The van der Waals surface area contributed by atoms with Gasteiger partial charge in [0.15, 0.2) is 0 Å². The third-order valence-electron chi connectivity index (χ3n) is 0.346. The molecule has 0 saturated heterocycles. The molecule has 4 nitrogen and oxygen atoms in total. The first-order valence-electron chi connectivity index (χ1n) is 1.48. The Morgan fingerprint density at radius 3 is 1.43 bits per heavy atom. The number of thiol groups is 1. The standard InChI is InChI=1S/C2H6O4S/c3-1(4)2(5,6)7/h1,3-7H. The summed E-state index contributed by atoms with van der Waals surface area (Å²) in [4.78, 5) is 0. The van der Waals surface area contributed by atoms with Crippen LogP contribution in [-0.2, 0) is 0 Å². The molecule has 5 heteroatoms. The molecule has 0 unspecified atom stereocenters. The van der Waals surface area contributed by atoms with Crippen molar-refractivity contribution in [3.8, 4) is 0 Å². The molecule has 0 bridgehead atoms. The van der Waals surface area contributed by atoms with E-state index in [0.717, 1.165) is 0 Å². The Morgan fingerprint density at radius 2 is 1.43 bits per heavy atom. The van der Waals surface area contributed by atoms with Gasteiger partial charge in [-0.15, -0.1) is 12.6 Å². The maximum Gasteiger partial charge on any atom is 0.263 e. The van der Waals surface area contributed by atoms with Crippen LogP contribution >= 0.6 is 12.6 Å². The lowest BCUT2D eigenvalue weighted by Crippen LogP contribution is -2.35. The molecular weight excluding hydrogens is 120 g/mol. The average molecular weight is 126 g/mol. The fraction of sp³-hybridized carbons (Fsp3) is 1.00. The lowest BCUT2D eigenvalue weighted by Gasteiger charge is -2.15. The lowest BCUT2D eigenvalue weighted by atomic mass is 10.6.